The molecule has 1 atom stereocenters. The van der Waals surface area contributed by atoms with Gasteiger partial charge in [-0.1, -0.05) is 5.16 Å². The van der Waals surface area contributed by atoms with Crippen molar-refractivity contribution in [2.24, 2.45) is 0 Å². The first-order valence-corrected chi connectivity index (χ1v) is 6.04. The Hall–Kier alpha value is -1.85. The number of carbonyl (C=O) groups is 2. The van der Waals surface area contributed by atoms with E-state index in [0.29, 0.717) is 25.3 Å². The third kappa shape index (κ3) is 2.37. The summed E-state index contributed by atoms with van der Waals surface area (Å²) in [5.74, 6) is -0.477. The van der Waals surface area contributed by atoms with Crippen molar-refractivity contribution in [1.29, 1.82) is 0 Å². The van der Waals surface area contributed by atoms with Gasteiger partial charge in [0.1, 0.15) is 6.04 Å². The second-order valence-corrected chi connectivity index (χ2v) is 4.24. The van der Waals surface area contributed by atoms with Crippen LogP contribution in [0.3, 0.4) is 0 Å². The van der Waals surface area contributed by atoms with Gasteiger partial charge in [0.2, 0.25) is 5.76 Å². The molecule has 0 bridgehead atoms. The molecular formula is C12H16N2O4. The molecule has 6 heteroatoms. The van der Waals surface area contributed by atoms with E-state index in [1.807, 2.05) is 0 Å². The summed E-state index contributed by atoms with van der Waals surface area (Å²) in [6, 6.07) is 1.07. The molecule has 1 amide bonds. The lowest BCUT2D eigenvalue weighted by atomic mass is 10.2. The molecule has 1 aromatic heterocycles. The van der Waals surface area contributed by atoms with Crippen molar-refractivity contribution in [2.75, 3.05) is 13.2 Å². The lowest BCUT2D eigenvalue weighted by molar-refractivity contribution is -0.147. The van der Waals surface area contributed by atoms with Crippen molar-refractivity contribution < 1.29 is 18.8 Å². The Balaban J connectivity index is 2.11. The molecule has 0 aliphatic carbocycles. The van der Waals surface area contributed by atoms with Crippen LogP contribution in [0.2, 0.25) is 0 Å². The topological polar surface area (TPSA) is 72.6 Å². The Morgan fingerprint density at radius 3 is 3.00 bits per heavy atom. The van der Waals surface area contributed by atoms with Crippen molar-refractivity contribution >= 4 is 11.9 Å². The van der Waals surface area contributed by atoms with E-state index in [1.54, 1.807) is 19.9 Å². The highest BCUT2D eigenvalue weighted by Gasteiger charge is 2.36. The molecule has 1 unspecified atom stereocenters. The molecule has 0 spiro atoms. The van der Waals surface area contributed by atoms with Gasteiger partial charge in [-0.15, -0.1) is 0 Å². The fourth-order valence-corrected chi connectivity index (χ4v) is 2.10. The van der Waals surface area contributed by atoms with E-state index in [1.165, 1.54) is 4.90 Å². The summed E-state index contributed by atoms with van der Waals surface area (Å²) in [5.41, 5.74) is 0.644. The van der Waals surface area contributed by atoms with E-state index in [-0.39, 0.29) is 17.6 Å². The van der Waals surface area contributed by atoms with E-state index in [9.17, 15) is 9.59 Å². The maximum absolute atomic E-state index is 12.2. The van der Waals surface area contributed by atoms with E-state index < -0.39 is 6.04 Å². The Morgan fingerprint density at radius 2 is 2.39 bits per heavy atom. The maximum Gasteiger partial charge on any atom is 0.328 e. The van der Waals surface area contributed by atoms with Crippen LogP contribution in [0, 0.1) is 6.92 Å². The molecule has 1 aromatic rings. The molecule has 18 heavy (non-hydrogen) atoms. The maximum atomic E-state index is 12.2. The van der Waals surface area contributed by atoms with E-state index in [4.69, 9.17) is 9.26 Å². The fourth-order valence-electron chi connectivity index (χ4n) is 2.10. The third-order valence-corrected chi connectivity index (χ3v) is 2.91. The van der Waals surface area contributed by atoms with Crippen LogP contribution in [0.4, 0.5) is 0 Å². The average molecular weight is 252 g/mol. The van der Waals surface area contributed by atoms with Gasteiger partial charge in [0.25, 0.3) is 5.91 Å². The number of aromatic nitrogens is 1. The summed E-state index contributed by atoms with van der Waals surface area (Å²) in [6.45, 7) is 4.35. The predicted octanol–water partition coefficient (Wildman–Crippen LogP) is 1.15. The van der Waals surface area contributed by atoms with Crippen LogP contribution in [0.15, 0.2) is 10.6 Å². The van der Waals surface area contributed by atoms with Crippen LogP contribution in [0.5, 0.6) is 0 Å². The van der Waals surface area contributed by atoms with Crippen LogP contribution >= 0.6 is 0 Å². The van der Waals surface area contributed by atoms with Crippen molar-refractivity contribution in [3.8, 4) is 0 Å². The molecule has 0 radical (unpaired) electrons. The summed E-state index contributed by atoms with van der Waals surface area (Å²) in [7, 11) is 0. The van der Waals surface area contributed by atoms with Gasteiger partial charge in [0, 0.05) is 12.6 Å². The summed E-state index contributed by atoms with van der Waals surface area (Å²) >= 11 is 0. The molecule has 0 saturated carbocycles. The summed E-state index contributed by atoms with van der Waals surface area (Å²) in [6.07, 6.45) is 1.43. The van der Waals surface area contributed by atoms with Crippen molar-refractivity contribution in [2.45, 2.75) is 32.7 Å². The quantitative estimate of drug-likeness (QED) is 0.754. The first-order chi connectivity index (χ1) is 8.63. The zero-order valence-electron chi connectivity index (χ0n) is 10.5. The molecule has 1 aliphatic rings. The standard InChI is InChI=1S/C12H16N2O4/c1-3-17-12(16)9-5-4-6-14(9)11(15)10-7-8(2)13-18-10/h7,9H,3-6H2,1-2H3. The zero-order valence-corrected chi connectivity index (χ0v) is 10.5. The van der Waals surface area contributed by atoms with E-state index >= 15 is 0 Å². The van der Waals surface area contributed by atoms with Gasteiger partial charge in [-0.3, -0.25) is 4.79 Å². The molecule has 1 aliphatic heterocycles. The Kier molecular flexibility index (Phi) is 3.64. The molecule has 98 valence electrons. The first kappa shape index (κ1) is 12.6. The Morgan fingerprint density at radius 1 is 1.61 bits per heavy atom. The number of rotatable bonds is 3. The number of aryl methyl sites for hydroxylation is 1. The second-order valence-electron chi connectivity index (χ2n) is 4.24. The minimum Gasteiger partial charge on any atom is -0.464 e. The highest BCUT2D eigenvalue weighted by molar-refractivity contribution is 5.94. The first-order valence-electron chi connectivity index (χ1n) is 6.04. The van der Waals surface area contributed by atoms with Gasteiger partial charge >= 0.3 is 5.97 Å². The van der Waals surface area contributed by atoms with Crippen molar-refractivity contribution in [3.05, 3.63) is 17.5 Å². The lowest BCUT2D eigenvalue weighted by Crippen LogP contribution is -2.41. The smallest absolute Gasteiger partial charge is 0.328 e. The highest BCUT2D eigenvalue weighted by Crippen LogP contribution is 2.21. The summed E-state index contributed by atoms with van der Waals surface area (Å²) in [4.78, 5) is 25.4. The SMILES string of the molecule is CCOC(=O)C1CCCN1C(=O)c1cc(C)no1. The zero-order chi connectivity index (χ0) is 13.1. The van der Waals surface area contributed by atoms with Crippen molar-refractivity contribution in [1.82, 2.24) is 10.1 Å². The monoisotopic (exact) mass is 252 g/mol. The molecule has 1 saturated heterocycles. The number of ether oxygens (including phenoxy) is 1. The molecule has 2 heterocycles. The largest absolute Gasteiger partial charge is 0.464 e. The number of esters is 1. The van der Waals surface area contributed by atoms with Gasteiger partial charge in [0.15, 0.2) is 0 Å². The van der Waals surface area contributed by atoms with Gasteiger partial charge in [-0.05, 0) is 26.7 Å². The molecular weight excluding hydrogens is 236 g/mol. The van der Waals surface area contributed by atoms with Crippen LogP contribution in [-0.2, 0) is 9.53 Å². The number of nitrogens with zero attached hydrogens (tertiary/aromatic N) is 2. The number of likely N-dealkylation sites (tertiary alicyclic amines) is 1. The van der Waals surface area contributed by atoms with Crippen molar-refractivity contribution in [3.63, 3.8) is 0 Å². The molecule has 6 nitrogen and oxygen atoms in total. The van der Waals surface area contributed by atoms with Crippen LogP contribution in [0.1, 0.15) is 36.0 Å². The summed E-state index contributed by atoms with van der Waals surface area (Å²) in [5, 5.41) is 3.68. The van der Waals surface area contributed by atoms with Crippen LogP contribution in [0.25, 0.3) is 0 Å². The van der Waals surface area contributed by atoms with Crippen LogP contribution in [-0.4, -0.2) is 41.1 Å². The summed E-state index contributed by atoms with van der Waals surface area (Å²) < 4.78 is 9.90. The van der Waals surface area contributed by atoms with Gasteiger partial charge in [-0.2, -0.15) is 0 Å². The second kappa shape index (κ2) is 5.20. The molecule has 0 N–H and O–H groups in total. The molecule has 0 aromatic carbocycles. The average Bonchev–Trinajstić information content (AvgIpc) is 2.96. The van der Waals surface area contributed by atoms with Crippen LogP contribution < -0.4 is 0 Å². The van der Waals surface area contributed by atoms with E-state index in [0.717, 1.165) is 6.42 Å². The van der Waals surface area contributed by atoms with Gasteiger partial charge < -0.3 is 14.2 Å². The Bertz CT molecular complexity index is 455. The van der Waals surface area contributed by atoms with Gasteiger partial charge in [-0.25, -0.2) is 4.79 Å². The highest BCUT2D eigenvalue weighted by atomic mass is 16.5. The van der Waals surface area contributed by atoms with Gasteiger partial charge in [0.05, 0.1) is 12.3 Å². The normalized spacial score (nSPS) is 19.0. The number of hydrogen-bond donors (Lipinski definition) is 0. The number of amides is 1. The number of hydrogen-bond acceptors (Lipinski definition) is 5. The molecule has 2 rings (SSSR count). The third-order valence-electron chi connectivity index (χ3n) is 2.91. The van der Waals surface area contributed by atoms with E-state index in [2.05, 4.69) is 5.16 Å². The minimum atomic E-state index is -0.497. The number of carbonyl (C=O) groups excluding carboxylic acids is 2. The fraction of sp³-hybridized carbons (Fsp3) is 0.583. The minimum absolute atomic E-state index is 0.170. The Labute approximate surface area is 105 Å². The predicted molar refractivity (Wildman–Crippen MR) is 61.9 cm³/mol. The lowest BCUT2D eigenvalue weighted by Gasteiger charge is -2.21. The molecule has 1 fully saturated rings.